The molecule has 1 saturated heterocycles. The van der Waals surface area contributed by atoms with Gasteiger partial charge < -0.3 is 15.0 Å². The molecular weight excluding hydrogens is 316 g/mol. The van der Waals surface area contributed by atoms with Gasteiger partial charge in [0.05, 0.1) is 30.1 Å². The molecule has 1 amide bonds. The van der Waals surface area contributed by atoms with Crippen LogP contribution in [-0.2, 0) is 4.74 Å². The fraction of sp³-hybridized carbons (Fsp3) is 0.211. The summed E-state index contributed by atoms with van der Waals surface area (Å²) in [7, 11) is 0. The van der Waals surface area contributed by atoms with Crippen LogP contribution in [0.1, 0.15) is 10.5 Å². The second kappa shape index (κ2) is 6.86. The highest BCUT2D eigenvalue weighted by Gasteiger charge is 2.17. The molecule has 1 N–H and O–H groups in total. The third-order valence-corrected chi connectivity index (χ3v) is 4.23. The Morgan fingerprint density at radius 3 is 2.64 bits per heavy atom. The molecular formula is C19H18N4O2. The topological polar surface area (TPSA) is 67.4 Å². The zero-order valence-corrected chi connectivity index (χ0v) is 13.7. The monoisotopic (exact) mass is 334 g/mol. The zero-order valence-electron chi connectivity index (χ0n) is 13.7. The highest BCUT2D eigenvalue weighted by atomic mass is 16.5. The molecule has 1 fully saturated rings. The van der Waals surface area contributed by atoms with Crippen LogP contribution in [0.15, 0.2) is 54.6 Å². The van der Waals surface area contributed by atoms with Crippen molar-refractivity contribution in [2.45, 2.75) is 0 Å². The first-order valence-corrected chi connectivity index (χ1v) is 8.27. The van der Waals surface area contributed by atoms with Crippen LogP contribution >= 0.6 is 0 Å². The van der Waals surface area contributed by atoms with E-state index < -0.39 is 0 Å². The van der Waals surface area contributed by atoms with Gasteiger partial charge in [-0.1, -0.05) is 30.3 Å². The minimum Gasteiger partial charge on any atom is -0.378 e. The molecule has 6 nitrogen and oxygen atoms in total. The second-order valence-electron chi connectivity index (χ2n) is 5.86. The number of ether oxygens (including phenoxy) is 1. The molecule has 0 unspecified atom stereocenters. The Bertz CT molecular complexity index is 907. The van der Waals surface area contributed by atoms with E-state index in [0.29, 0.717) is 18.9 Å². The smallest absolute Gasteiger partial charge is 0.276 e. The van der Waals surface area contributed by atoms with Crippen LogP contribution in [0.4, 0.5) is 11.4 Å². The Labute approximate surface area is 145 Å². The molecule has 0 spiro atoms. The van der Waals surface area contributed by atoms with E-state index in [-0.39, 0.29) is 5.91 Å². The van der Waals surface area contributed by atoms with Gasteiger partial charge in [0.1, 0.15) is 0 Å². The van der Waals surface area contributed by atoms with Crippen molar-refractivity contribution < 1.29 is 9.53 Å². The molecule has 3 aromatic rings. The van der Waals surface area contributed by atoms with Gasteiger partial charge in [0, 0.05) is 18.5 Å². The van der Waals surface area contributed by atoms with Crippen molar-refractivity contribution in [1.82, 2.24) is 10.2 Å². The van der Waals surface area contributed by atoms with Crippen molar-refractivity contribution >= 4 is 28.2 Å². The SMILES string of the molecule is O=C(Nc1ccccc1N1CCOCC1)c1cc2ccccc2nn1. The number of fused-ring (bicyclic) bond motifs is 1. The van der Waals surface area contributed by atoms with Crippen LogP contribution < -0.4 is 10.2 Å². The van der Waals surface area contributed by atoms with Gasteiger partial charge in [-0.15, -0.1) is 10.2 Å². The first-order chi connectivity index (χ1) is 12.3. The summed E-state index contributed by atoms with van der Waals surface area (Å²) in [4.78, 5) is 14.8. The summed E-state index contributed by atoms with van der Waals surface area (Å²) >= 11 is 0. The van der Waals surface area contributed by atoms with Crippen LogP contribution in [0.2, 0.25) is 0 Å². The molecule has 6 heteroatoms. The van der Waals surface area contributed by atoms with E-state index in [1.807, 2.05) is 48.5 Å². The number of anilines is 2. The fourth-order valence-electron chi connectivity index (χ4n) is 2.94. The Morgan fingerprint density at radius 1 is 1.00 bits per heavy atom. The lowest BCUT2D eigenvalue weighted by Gasteiger charge is -2.30. The van der Waals surface area contributed by atoms with Gasteiger partial charge in [0.25, 0.3) is 5.91 Å². The van der Waals surface area contributed by atoms with Gasteiger partial charge in [-0.3, -0.25) is 4.79 Å². The number of nitrogens with one attached hydrogen (secondary N) is 1. The molecule has 2 heterocycles. The Kier molecular flexibility index (Phi) is 4.26. The second-order valence-corrected chi connectivity index (χ2v) is 5.86. The molecule has 4 rings (SSSR count). The third-order valence-electron chi connectivity index (χ3n) is 4.23. The number of carbonyl (C=O) groups excluding carboxylic acids is 1. The van der Waals surface area contributed by atoms with Crippen molar-refractivity contribution in [1.29, 1.82) is 0 Å². The zero-order chi connectivity index (χ0) is 17.1. The largest absolute Gasteiger partial charge is 0.378 e. The third kappa shape index (κ3) is 3.29. The molecule has 0 aliphatic carbocycles. The number of morpholine rings is 1. The van der Waals surface area contributed by atoms with E-state index in [0.717, 1.165) is 35.4 Å². The maximum absolute atomic E-state index is 12.6. The quantitative estimate of drug-likeness (QED) is 0.798. The maximum Gasteiger partial charge on any atom is 0.276 e. The lowest BCUT2D eigenvalue weighted by Crippen LogP contribution is -2.36. The predicted molar refractivity (Wildman–Crippen MR) is 97.0 cm³/mol. The highest BCUT2D eigenvalue weighted by molar-refractivity contribution is 6.05. The van der Waals surface area contributed by atoms with Crippen LogP contribution in [0.5, 0.6) is 0 Å². The van der Waals surface area contributed by atoms with Gasteiger partial charge >= 0.3 is 0 Å². The number of hydrogen-bond acceptors (Lipinski definition) is 5. The van der Waals surface area contributed by atoms with Gasteiger partial charge in [-0.05, 0) is 24.3 Å². The van der Waals surface area contributed by atoms with Gasteiger partial charge in [-0.2, -0.15) is 0 Å². The summed E-state index contributed by atoms with van der Waals surface area (Å²) < 4.78 is 5.41. The molecule has 0 saturated carbocycles. The van der Waals surface area contributed by atoms with Crippen molar-refractivity contribution in [2.75, 3.05) is 36.5 Å². The average Bonchev–Trinajstić information content (AvgIpc) is 2.68. The minimum absolute atomic E-state index is 0.265. The lowest BCUT2D eigenvalue weighted by molar-refractivity contribution is 0.102. The molecule has 1 aliphatic heterocycles. The van der Waals surface area contributed by atoms with E-state index in [1.54, 1.807) is 6.07 Å². The van der Waals surface area contributed by atoms with Crippen LogP contribution in [0, 0.1) is 0 Å². The normalized spacial score (nSPS) is 14.5. The Morgan fingerprint density at radius 2 is 1.76 bits per heavy atom. The number of nitrogens with zero attached hydrogens (tertiary/aromatic N) is 3. The summed E-state index contributed by atoms with van der Waals surface area (Å²) in [6, 6.07) is 17.1. The summed E-state index contributed by atoms with van der Waals surface area (Å²) in [5, 5.41) is 12.0. The van der Waals surface area contributed by atoms with E-state index in [2.05, 4.69) is 20.4 Å². The van der Waals surface area contributed by atoms with Crippen molar-refractivity contribution in [3.05, 3.63) is 60.3 Å². The number of para-hydroxylation sites is 2. The molecule has 1 aliphatic rings. The van der Waals surface area contributed by atoms with E-state index >= 15 is 0 Å². The molecule has 25 heavy (non-hydrogen) atoms. The summed E-state index contributed by atoms with van der Waals surface area (Å²) in [6.45, 7) is 3.00. The molecule has 0 radical (unpaired) electrons. The highest BCUT2D eigenvalue weighted by Crippen LogP contribution is 2.26. The van der Waals surface area contributed by atoms with Gasteiger partial charge in [0.15, 0.2) is 5.69 Å². The van der Waals surface area contributed by atoms with Gasteiger partial charge in [-0.25, -0.2) is 0 Å². The summed E-state index contributed by atoms with van der Waals surface area (Å²) in [6.07, 6.45) is 0. The number of rotatable bonds is 3. The van der Waals surface area contributed by atoms with E-state index in [1.165, 1.54) is 0 Å². The van der Waals surface area contributed by atoms with Crippen LogP contribution in [0.25, 0.3) is 10.9 Å². The van der Waals surface area contributed by atoms with Crippen molar-refractivity contribution in [3.63, 3.8) is 0 Å². The molecule has 126 valence electrons. The van der Waals surface area contributed by atoms with E-state index in [4.69, 9.17) is 4.74 Å². The minimum atomic E-state index is -0.265. The Balaban J connectivity index is 1.59. The number of aromatic nitrogens is 2. The molecule has 2 aromatic carbocycles. The van der Waals surface area contributed by atoms with Gasteiger partial charge in [0.2, 0.25) is 0 Å². The first-order valence-electron chi connectivity index (χ1n) is 8.27. The lowest BCUT2D eigenvalue weighted by atomic mass is 10.2. The number of amides is 1. The molecule has 0 bridgehead atoms. The first kappa shape index (κ1) is 15.5. The van der Waals surface area contributed by atoms with Crippen molar-refractivity contribution in [3.8, 4) is 0 Å². The number of benzene rings is 2. The standard InChI is InChI=1S/C19H18N4O2/c24-19(17-13-14-5-1-2-6-15(14)21-22-17)20-16-7-3-4-8-18(16)23-9-11-25-12-10-23/h1-8,13H,9-12H2,(H,20,24). The summed E-state index contributed by atoms with van der Waals surface area (Å²) in [5.74, 6) is -0.265. The van der Waals surface area contributed by atoms with Crippen LogP contribution in [-0.4, -0.2) is 42.4 Å². The van der Waals surface area contributed by atoms with Crippen LogP contribution in [0.3, 0.4) is 0 Å². The average molecular weight is 334 g/mol. The van der Waals surface area contributed by atoms with Crippen molar-refractivity contribution in [2.24, 2.45) is 0 Å². The maximum atomic E-state index is 12.6. The molecule has 0 atom stereocenters. The number of hydrogen-bond donors (Lipinski definition) is 1. The molecule has 1 aromatic heterocycles. The van der Waals surface area contributed by atoms with E-state index in [9.17, 15) is 4.79 Å². The summed E-state index contributed by atoms with van der Waals surface area (Å²) in [5.41, 5.74) is 2.83. The predicted octanol–water partition coefficient (Wildman–Crippen LogP) is 2.72. The Hall–Kier alpha value is -2.99. The fourth-order valence-corrected chi connectivity index (χ4v) is 2.94. The number of carbonyl (C=O) groups is 1.